The van der Waals surface area contributed by atoms with E-state index >= 15 is 0 Å². The van der Waals surface area contributed by atoms with Gasteiger partial charge in [0, 0.05) is 12.6 Å². The van der Waals surface area contributed by atoms with Crippen molar-refractivity contribution in [3.63, 3.8) is 0 Å². The smallest absolute Gasteiger partial charge is 0.259 e. The standard InChI is InChI=1S/C19H17N5O/c1-11-6-5-7-12(10-11)16-15(17(20)24(2)23-16)18-21-14-9-4-3-8-13(14)19(25)22-18/h3-10H,20H2,1-2H3,(H,21,22,25). The molecular weight excluding hydrogens is 314 g/mol. The Balaban J connectivity index is 2.02. The van der Waals surface area contributed by atoms with Crippen LogP contribution in [0.25, 0.3) is 33.5 Å². The van der Waals surface area contributed by atoms with Crippen LogP contribution in [0.1, 0.15) is 5.56 Å². The van der Waals surface area contributed by atoms with Crippen LogP contribution in [-0.4, -0.2) is 19.7 Å². The fraction of sp³-hybridized carbons (Fsp3) is 0.105. The number of aromatic amines is 1. The highest BCUT2D eigenvalue weighted by Crippen LogP contribution is 2.34. The molecule has 0 unspecified atom stereocenters. The van der Waals surface area contributed by atoms with E-state index in [0.29, 0.717) is 33.8 Å². The molecule has 0 saturated heterocycles. The summed E-state index contributed by atoms with van der Waals surface area (Å²) in [5.41, 5.74) is 10.1. The third-order valence-electron chi connectivity index (χ3n) is 4.23. The van der Waals surface area contributed by atoms with E-state index in [1.54, 1.807) is 17.8 Å². The zero-order valence-electron chi connectivity index (χ0n) is 13.9. The lowest BCUT2D eigenvalue weighted by atomic mass is 10.0. The highest BCUT2D eigenvalue weighted by atomic mass is 16.1. The van der Waals surface area contributed by atoms with Gasteiger partial charge in [-0.05, 0) is 25.1 Å². The van der Waals surface area contributed by atoms with Gasteiger partial charge in [-0.25, -0.2) is 4.98 Å². The van der Waals surface area contributed by atoms with Gasteiger partial charge < -0.3 is 10.7 Å². The van der Waals surface area contributed by atoms with E-state index in [1.165, 1.54) is 0 Å². The molecule has 0 atom stereocenters. The number of H-pyrrole nitrogens is 1. The number of anilines is 1. The van der Waals surface area contributed by atoms with Crippen LogP contribution in [0.4, 0.5) is 5.82 Å². The summed E-state index contributed by atoms with van der Waals surface area (Å²) >= 11 is 0. The largest absolute Gasteiger partial charge is 0.383 e. The van der Waals surface area contributed by atoms with E-state index in [9.17, 15) is 4.79 Å². The lowest BCUT2D eigenvalue weighted by Gasteiger charge is -2.06. The Hall–Kier alpha value is -3.41. The molecule has 0 aliphatic carbocycles. The Kier molecular flexibility index (Phi) is 3.39. The maximum Gasteiger partial charge on any atom is 0.259 e. The third-order valence-corrected chi connectivity index (χ3v) is 4.23. The van der Waals surface area contributed by atoms with Crippen molar-refractivity contribution in [1.29, 1.82) is 0 Å². The first-order valence-electron chi connectivity index (χ1n) is 7.93. The summed E-state index contributed by atoms with van der Waals surface area (Å²) in [5.74, 6) is 0.876. The average Bonchev–Trinajstić information content (AvgIpc) is 2.90. The molecule has 2 heterocycles. The number of para-hydroxylation sites is 1. The predicted octanol–water partition coefficient (Wildman–Crippen LogP) is 2.88. The van der Waals surface area contributed by atoms with E-state index in [0.717, 1.165) is 11.1 Å². The minimum Gasteiger partial charge on any atom is -0.383 e. The SMILES string of the molecule is Cc1cccc(-c2nn(C)c(N)c2-c2nc3ccccc3c(=O)[nH]2)c1. The van der Waals surface area contributed by atoms with Crippen LogP contribution in [0.2, 0.25) is 0 Å². The molecule has 0 fully saturated rings. The van der Waals surface area contributed by atoms with Crippen molar-refractivity contribution in [1.82, 2.24) is 19.7 Å². The lowest BCUT2D eigenvalue weighted by molar-refractivity contribution is 0.782. The van der Waals surface area contributed by atoms with Gasteiger partial charge in [0.05, 0.1) is 16.5 Å². The lowest BCUT2D eigenvalue weighted by Crippen LogP contribution is -2.10. The van der Waals surface area contributed by atoms with Crippen molar-refractivity contribution in [2.75, 3.05) is 5.73 Å². The third kappa shape index (κ3) is 2.48. The van der Waals surface area contributed by atoms with Gasteiger partial charge in [-0.15, -0.1) is 0 Å². The van der Waals surface area contributed by atoms with Gasteiger partial charge >= 0.3 is 0 Å². The predicted molar refractivity (Wildman–Crippen MR) is 99.2 cm³/mol. The summed E-state index contributed by atoms with van der Waals surface area (Å²) in [6.07, 6.45) is 0. The zero-order chi connectivity index (χ0) is 17.6. The van der Waals surface area contributed by atoms with Crippen molar-refractivity contribution in [3.05, 3.63) is 64.4 Å². The van der Waals surface area contributed by atoms with Crippen LogP contribution in [-0.2, 0) is 7.05 Å². The first kappa shape index (κ1) is 15.1. The molecule has 0 aliphatic heterocycles. The fourth-order valence-corrected chi connectivity index (χ4v) is 2.97. The molecule has 2 aromatic carbocycles. The maximum absolute atomic E-state index is 12.4. The van der Waals surface area contributed by atoms with Crippen molar-refractivity contribution >= 4 is 16.7 Å². The van der Waals surface area contributed by atoms with E-state index < -0.39 is 0 Å². The highest BCUT2D eigenvalue weighted by Gasteiger charge is 2.20. The van der Waals surface area contributed by atoms with Gasteiger partial charge in [0.15, 0.2) is 0 Å². The Labute approximate surface area is 144 Å². The zero-order valence-corrected chi connectivity index (χ0v) is 13.9. The normalized spacial score (nSPS) is 11.1. The van der Waals surface area contributed by atoms with Crippen molar-refractivity contribution in [2.24, 2.45) is 7.05 Å². The molecule has 0 spiro atoms. The fourth-order valence-electron chi connectivity index (χ4n) is 2.97. The number of nitrogens with two attached hydrogens (primary N) is 1. The molecule has 4 aromatic rings. The number of nitrogen functional groups attached to an aromatic ring is 1. The molecule has 124 valence electrons. The average molecular weight is 331 g/mol. The number of aryl methyl sites for hydroxylation is 2. The Morgan fingerprint density at radius 3 is 2.72 bits per heavy atom. The van der Waals surface area contributed by atoms with Gasteiger partial charge in [0.25, 0.3) is 5.56 Å². The van der Waals surface area contributed by atoms with Crippen LogP contribution in [0.15, 0.2) is 53.3 Å². The summed E-state index contributed by atoms with van der Waals surface area (Å²) in [6.45, 7) is 2.02. The molecule has 0 bridgehead atoms. The summed E-state index contributed by atoms with van der Waals surface area (Å²) in [5, 5.41) is 5.08. The summed E-state index contributed by atoms with van der Waals surface area (Å²) in [6, 6.07) is 15.2. The number of benzene rings is 2. The molecule has 2 aromatic heterocycles. The van der Waals surface area contributed by atoms with Crippen LogP contribution in [0.3, 0.4) is 0 Å². The van der Waals surface area contributed by atoms with E-state index in [-0.39, 0.29) is 5.56 Å². The van der Waals surface area contributed by atoms with Crippen LogP contribution >= 0.6 is 0 Å². The van der Waals surface area contributed by atoms with Crippen LogP contribution in [0, 0.1) is 6.92 Å². The van der Waals surface area contributed by atoms with Gasteiger partial charge in [-0.1, -0.05) is 35.9 Å². The Morgan fingerprint density at radius 1 is 1.12 bits per heavy atom. The van der Waals surface area contributed by atoms with Gasteiger partial charge in [-0.3, -0.25) is 9.48 Å². The van der Waals surface area contributed by atoms with Crippen molar-refractivity contribution in [3.8, 4) is 22.6 Å². The summed E-state index contributed by atoms with van der Waals surface area (Å²) < 4.78 is 1.60. The number of aromatic nitrogens is 4. The Bertz CT molecular complexity index is 1160. The maximum atomic E-state index is 12.4. The highest BCUT2D eigenvalue weighted by molar-refractivity contribution is 5.87. The van der Waals surface area contributed by atoms with E-state index in [1.807, 2.05) is 49.4 Å². The minimum absolute atomic E-state index is 0.195. The molecule has 25 heavy (non-hydrogen) atoms. The topological polar surface area (TPSA) is 89.6 Å². The molecule has 3 N–H and O–H groups in total. The number of fused-ring (bicyclic) bond motifs is 1. The van der Waals surface area contributed by atoms with Crippen LogP contribution < -0.4 is 11.3 Å². The second-order valence-electron chi connectivity index (χ2n) is 6.03. The number of nitrogens with one attached hydrogen (secondary N) is 1. The molecule has 0 radical (unpaired) electrons. The number of rotatable bonds is 2. The summed E-state index contributed by atoms with van der Waals surface area (Å²) in [7, 11) is 1.78. The molecule has 6 heteroatoms. The molecular formula is C19H17N5O. The van der Waals surface area contributed by atoms with Crippen molar-refractivity contribution in [2.45, 2.75) is 6.92 Å². The number of hydrogen-bond acceptors (Lipinski definition) is 4. The first-order valence-corrected chi connectivity index (χ1v) is 7.93. The van der Waals surface area contributed by atoms with Crippen molar-refractivity contribution < 1.29 is 0 Å². The quantitative estimate of drug-likeness (QED) is 0.591. The minimum atomic E-state index is -0.195. The second kappa shape index (κ2) is 5.59. The molecule has 0 amide bonds. The van der Waals surface area contributed by atoms with Gasteiger partial charge in [0.1, 0.15) is 17.3 Å². The summed E-state index contributed by atoms with van der Waals surface area (Å²) in [4.78, 5) is 19.9. The molecule has 0 saturated carbocycles. The Morgan fingerprint density at radius 2 is 1.92 bits per heavy atom. The molecule has 0 aliphatic rings. The first-order chi connectivity index (χ1) is 12.0. The number of hydrogen-bond donors (Lipinski definition) is 2. The van der Waals surface area contributed by atoms with Gasteiger partial charge in [-0.2, -0.15) is 5.10 Å². The van der Waals surface area contributed by atoms with Gasteiger partial charge in [0.2, 0.25) is 0 Å². The monoisotopic (exact) mass is 331 g/mol. The van der Waals surface area contributed by atoms with E-state index in [4.69, 9.17) is 5.73 Å². The number of nitrogens with zero attached hydrogens (tertiary/aromatic N) is 3. The van der Waals surface area contributed by atoms with E-state index in [2.05, 4.69) is 15.1 Å². The molecule has 4 rings (SSSR count). The second-order valence-corrected chi connectivity index (χ2v) is 6.03. The molecule has 6 nitrogen and oxygen atoms in total. The van der Waals surface area contributed by atoms with Crippen LogP contribution in [0.5, 0.6) is 0 Å².